The molecule has 21 heavy (non-hydrogen) atoms. The summed E-state index contributed by atoms with van der Waals surface area (Å²) in [6, 6.07) is 0. The third-order valence-electron chi connectivity index (χ3n) is 3.98. The van der Waals surface area contributed by atoms with Crippen LogP contribution in [0.3, 0.4) is 0 Å². The third-order valence-corrected chi connectivity index (χ3v) is 5.20. The predicted octanol–water partition coefficient (Wildman–Crippen LogP) is 2.92. The zero-order valence-electron chi connectivity index (χ0n) is 12.6. The number of carbonyl (C=O) groups excluding carboxylic acids is 1. The van der Waals surface area contributed by atoms with Gasteiger partial charge in [-0.15, -0.1) is 11.3 Å². The van der Waals surface area contributed by atoms with Crippen molar-refractivity contribution in [1.29, 1.82) is 0 Å². The fraction of sp³-hybridized carbons (Fsp3) is 0.667. The number of hydrogen-bond acceptors (Lipinski definition) is 4. The maximum atomic E-state index is 12.5. The highest BCUT2D eigenvalue weighted by Crippen LogP contribution is 2.29. The number of aromatic nitrogens is 1. The lowest BCUT2D eigenvalue weighted by Crippen LogP contribution is -2.55. The van der Waals surface area contributed by atoms with Gasteiger partial charge in [0.2, 0.25) is 0 Å². The Morgan fingerprint density at radius 1 is 1.33 bits per heavy atom. The van der Waals surface area contributed by atoms with Crippen molar-refractivity contribution in [2.75, 3.05) is 0 Å². The van der Waals surface area contributed by atoms with Crippen LogP contribution in [0, 0.1) is 6.92 Å². The number of nitrogens with zero attached hydrogens (tertiary/aromatic N) is 1. The van der Waals surface area contributed by atoms with Gasteiger partial charge in [-0.3, -0.25) is 4.79 Å². The molecule has 6 heteroatoms. The lowest BCUT2D eigenvalue weighted by molar-refractivity contribution is -0.145. The minimum absolute atomic E-state index is 0.295. The van der Waals surface area contributed by atoms with Crippen molar-refractivity contribution >= 4 is 23.2 Å². The summed E-state index contributed by atoms with van der Waals surface area (Å²) < 4.78 is 0. The van der Waals surface area contributed by atoms with Gasteiger partial charge in [-0.2, -0.15) is 0 Å². The molecule has 0 bridgehead atoms. The maximum absolute atomic E-state index is 12.5. The second-order valence-electron chi connectivity index (χ2n) is 5.67. The van der Waals surface area contributed by atoms with Crippen LogP contribution in [-0.2, 0) is 11.2 Å². The Hall–Kier alpha value is -1.43. The number of carboxylic acid groups (broad SMARTS) is 1. The molecule has 1 aromatic heterocycles. The van der Waals surface area contributed by atoms with Crippen LogP contribution in [0.2, 0.25) is 0 Å². The van der Waals surface area contributed by atoms with E-state index in [0.717, 1.165) is 37.1 Å². The van der Waals surface area contributed by atoms with Crippen LogP contribution in [0.1, 0.15) is 65.8 Å². The molecule has 1 aliphatic rings. The van der Waals surface area contributed by atoms with E-state index in [1.807, 2.05) is 0 Å². The molecular weight excluding hydrogens is 288 g/mol. The van der Waals surface area contributed by atoms with E-state index in [-0.39, 0.29) is 5.91 Å². The molecule has 2 rings (SSSR count). The Bertz CT molecular complexity index is 533. The molecule has 1 saturated carbocycles. The van der Waals surface area contributed by atoms with E-state index in [1.54, 1.807) is 6.92 Å². The van der Waals surface area contributed by atoms with Crippen molar-refractivity contribution < 1.29 is 14.7 Å². The van der Waals surface area contributed by atoms with Gasteiger partial charge in [0.05, 0.1) is 10.7 Å². The number of thiazole rings is 1. The molecule has 0 unspecified atom stereocenters. The summed E-state index contributed by atoms with van der Waals surface area (Å²) in [4.78, 5) is 29.0. The Morgan fingerprint density at radius 2 is 2.00 bits per heavy atom. The van der Waals surface area contributed by atoms with E-state index in [0.29, 0.717) is 23.4 Å². The van der Waals surface area contributed by atoms with Crippen molar-refractivity contribution in [3.8, 4) is 0 Å². The van der Waals surface area contributed by atoms with Crippen molar-refractivity contribution in [3.63, 3.8) is 0 Å². The normalized spacial score (nSPS) is 17.4. The molecule has 1 aromatic rings. The number of rotatable bonds is 5. The zero-order valence-corrected chi connectivity index (χ0v) is 13.4. The van der Waals surface area contributed by atoms with Gasteiger partial charge in [0.25, 0.3) is 5.91 Å². The summed E-state index contributed by atoms with van der Waals surface area (Å²) in [6.45, 7) is 3.87. The molecule has 0 atom stereocenters. The Morgan fingerprint density at radius 3 is 2.57 bits per heavy atom. The fourth-order valence-electron chi connectivity index (χ4n) is 2.81. The van der Waals surface area contributed by atoms with Crippen LogP contribution in [0.5, 0.6) is 0 Å². The van der Waals surface area contributed by atoms with E-state index in [9.17, 15) is 14.7 Å². The second-order valence-corrected chi connectivity index (χ2v) is 6.76. The molecule has 0 aliphatic heterocycles. The number of amides is 1. The standard InChI is InChI=1S/C15H22N2O3S/c1-3-7-11-16-10(2)12(21-11)13(18)17-15(14(19)20)8-5-4-6-9-15/h3-9H2,1-2H3,(H,17,18)(H,19,20). The molecule has 0 aromatic carbocycles. The van der Waals surface area contributed by atoms with Crippen LogP contribution >= 0.6 is 11.3 Å². The highest BCUT2D eigenvalue weighted by atomic mass is 32.1. The fourth-order valence-corrected chi connectivity index (χ4v) is 3.87. The van der Waals surface area contributed by atoms with Gasteiger partial charge in [0.15, 0.2) is 0 Å². The lowest BCUT2D eigenvalue weighted by atomic mass is 9.81. The predicted molar refractivity (Wildman–Crippen MR) is 81.8 cm³/mol. The summed E-state index contributed by atoms with van der Waals surface area (Å²) in [6.07, 6.45) is 5.56. The summed E-state index contributed by atoms with van der Waals surface area (Å²) in [7, 11) is 0. The molecule has 1 heterocycles. The van der Waals surface area contributed by atoms with Gasteiger partial charge in [0, 0.05) is 0 Å². The highest BCUT2D eigenvalue weighted by Gasteiger charge is 2.41. The zero-order chi connectivity index (χ0) is 15.5. The van der Waals surface area contributed by atoms with E-state index in [1.165, 1.54) is 11.3 Å². The average molecular weight is 310 g/mol. The first-order valence-electron chi connectivity index (χ1n) is 7.51. The van der Waals surface area contributed by atoms with Crippen LogP contribution < -0.4 is 5.32 Å². The third kappa shape index (κ3) is 3.43. The highest BCUT2D eigenvalue weighted by molar-refractivity contribution is 7.13. The van der Waals surface area contributed by atoms with Crippen LogP contribution in [0.15, 0.2) is 0 Å². The van der Waals surface area contributed by atoms with Crippen molar-refractivity contribution in [2.45, 2.75) is 64.3 Å². The van der Waals surface area contributed by atoms with E-state index in [4.69, 9.17) is 0 Å². The summed E-state index contributed by atoms with van der Waals surface area (Å²) >= 11 is 1.38. The maximum Gasteiger partial charge on any atom is 0.329 e. The van der Waals surface area contributed by atoms with Crippen molar-refractivity contribution in [1.82, 2.24) is 10.3 Å². The molecule has 0 spiro atoms. The van der Waals surface area contributed by atoms with E-state index < -0.39 is 11.5 Å². The summed E-state index contributed by atoms with van der Waals surface area (Å²) in [5.74, 6) is -1.22. The Labute approximate surface area is 128 Å². The van der Waals surface area contributed by atoms with Gasteiger partial charge in [-0.25, -0.2) is 9.78 Å². The van der Waals surface area contributed by atoms with E-state index >= 15 is 0 Å². The number of carbonyl (C=O) groups is 2. The van der Waals surface area contributed by atoms with Gasteiger partial charge < -0.3 is 10.4 Å². The minimum atomic E-state index is -1.10. The first kappa shape index (κ1) is 15.9. The first-order chi connectivity index (χ1) is 9.98. The molecule has 2 N–H and O–H groups in total. The summed E-state index contributed by atoms with van der Waals surface area (Å²) in [5, 5.41) is 13.2. The number of hydrogen-bond donors (Lipinski definition) is 2. The summed E-state index contributed by atoms with van der Waals surface area (Å²) in [5.41, 5.74) is -0.409. The molecule has 0 saturated heterocycles. The average Bonchev–Trinajstić information content (AvgIpc) is 2.81. The van der Waals surface area contributed by atoms with Crippen LogP contribution in [0.25, 0.3) is 0 Å². The van der Waals surface area contributed by atoms with Crippen molar-refractivity contribution in [3.05, 3.63) is 15.6 Å². The topological polar surface area (TPSA) is 79.3 Å². The molecule has 5 nitrogen and oxygen atoms in total. The smallest absolute Gasteiger partial charge is 0.329 e. The van der Waals surface area contributed by atoms with Gasteiger partial charge in [0.1, 0.15) is 10.4 Å². The lowest BCUT2D eigenvalue weighted by Gasteiger charge is -2.33. The Balaban J connectivity index is 2.17. The van der Waals surface area contributed by atoms with Crippen molar-refractivity contribution in [2.24, 2.45) is 0 Å². The second kappa shape index (κ2) is 6.56. The molecular formula is C15H22N2O3S. The number of carboxylic acids is 1. The minimum Gasteiger partial charge on any atom is -0.480 e. The SMILES string of the molecule is CCCc1nc(C)c(C(=O)NC2(C(=O)O)CCCCC2)s1. The van der Waals surface area contributed by atoms with Gasteiger partial charge >= 0.3 is 5.97 Å². The number of nitrogens with one attached hydrogen (secondary N) is 1. The number of aryl methyl sites for hydroxylation is 2. The first-order valence-corrected chi connectivity index (χ1v) is 8.32. The number of aliphatic carboxylic acids is 1. The Kier molecular flexibility index (Phi) is 4.98. The van der Waals surface area contributed by atoms with Crippen LogP contribution in [0.4, 0.5) is 0 Å². The quantitative estimate of drug-likeness (QED) is 0.876. The molecule has 0 radical (unpaired) electrons. The molecule has 1 amide bonds. The van der Waals surface area contributed by atoms with Gasteiger partial charge in [-0.05, 0) is 32.6 Å². The molecule has 116 valence electrons. The molecule has 1 aliphatic carbocycles. The monoisotopic (exact) mass is 310 g/mol. The van der Waals surface area contributed by atoms with E-state index in [2.05, 4.69) is 17.2 Å². The van der Waals surface area contributed by atoms with Crippen LogP contribution in [-0.4, -0.2) is 27.5 Å². The largest absolute Gasteiger partial charge is 0.480 e. The van der Waals surface area contributed by atoms with Gasteiger partial charge in [-0.1, -0.05) is 26.2 Å². The molecule has 1 fully saturated rings.